The van der Waals surface area contributed by atoms with Crippen molar-refractivity contribution in [3.63, 3.8) is 0 Å². The minimum atomic E-state index is -0.438. The van der Waals surface area contributed by atoms with E-state index in [4.69, 9.17) is 20.6 Å². The molecule has 3 N–H and O–H groups in total. The molecular formula is C11H16N2O2. The van der Waals surface area contributed by atoms with Crippen molar-refractivity contribution >= 4 is 5.84 Å². The second kappa shape index (κ2) is 5.24. The van der Waals surface area contributed by atoms with E-state index in [1.807, 2.05) is 25.1 Å². The molecule has 0 bridgehead atoms. The summed E-state index contributed by atoms with van der Waals surface area (Å²) >= 11 is 0. The van der Waals surface area contributed by atoms with E-state index in [2.05, 4.69) is 0 Å². The van der Waals surface area contributed by atoms with Gasteiger partial charge in [-0.15, -0.1) is 0 Å². The summed E-state index contributed by atoms with van der Waals surface area (Å²) in [4.78, 5) is 0. The van der Waals surface area contributed by atoms with Crippen LogP contribution in [0.25, 0.3) is 0 Å². The van der Waals surface area contributed by atoms with Gasteiger partial charge in [0.2, 0.25) is 0 Å². The SMILES string of the molecule is CCOc1ccccc1OC(C)C(=N)N. The van der Waals surface area contributed by atoms with Gasteiger partial charge in [-0.2, -0.15) is 0 Å². The molecule has 15 heavy (non-hydrogen) atoms. The number of hydrogen-bond acceptors (Lipinski definition) is 3. The van der Waals surface area contributed by atoms with Crippen LogP contribution >= 0.6 is 0 Å². The molecule has 4 nitrogen and oxygen atoms in total. The molecule has 0 aromatic heterocycles. The van der Waals surface area contributed by atoms with E-state index in [9.17, 15) is 0 Å². The number of nitrogens with two attached hydrogens (primary N) is 1. The average molecular weight is 208 g/mol. The quantitative estimate of drug-likeness (QED) is 0.572. The third kappa shape index (κ3) is 3.16. The predicted molar refractivity (Wildman–Crippen MR) is 59.6 cm³/mol. The number of benzene rings is 1. The Bertz CT molecular complexity index is 339. The van der Waals surface area contributed by atoms with Crippen molar-refractivity contribution in [2.45, 2.75) is 20.0 Å². The average Bonchev–Trinajstić information content (AvgIpc) is 2.21. The van der Waals surface area contributed by atoms with Crippen molar-refractivity contribution in [3.05, 3.63) is 24.3 Å². The van der Waals surface area contributed by atoms with Gasteiger partial charge in [0.05, 0.1) is 6.61 Å². The van der Waals surface area contributed by atoms with E-state index in [-0.39, 0.29) is 5.84 Å². The van der Waals surface area contributed by atoms with Crippen LogP contribution in [-0.2, 0) is 0 Å². The van der Waals surface area contributed by atoms with Gasteiger partial charge in [-0.1, -0.05) is 12.1 Å². The first kappa shape index (κ1) is 11.4. The molecule has 0 heterocycles. The number of nitrogens with one attached hydrogen (secondary N) is 1. The summed E-state index contributed by atoms with van der Waals surface area (Å²) in [7, 11) is 0. The molecule has 4 heteroatoms. The zero-order chi connectivity index (χ0) is 11.3. The largest absolute Gasteiger partial charge is 0.490 e. The monoisotopic (exact) mass is 208 g/mol. The molecule has 82 valence electrons. The van der Waals surface area contributed by atoms with Crippen LogP contribution in [0.15, 0.2) is 24.3 Å². The molecule has 0 aliphatic carbocycles. The number of ether oxygens (including phenoxy) is 2. The van der Waals surface area contributed by atoms with Gasteiger partial charge in [0.25, 0.3) is 0 Å². The van der Waals surface area contributed by atoms with Crippen LogP contribution in [-0.4, -0.2) is 18.5 Å². The van der Waals surface area contributed by atoms with Crippen molar-refractivity contribution in [2.75, 3.05) is 6.61 Å². The van der Waals surface area contributed by atoms with Gasteiger partial charge in [0, 0.05) is 0 Å². The maximum Gasteiger partial charge on any atom is 0.162 e. The Hall–Kier alpha value is -1.71. The summed E-state index contributed by atoms with van der Waals surface area (Å²) in [5.41, 5.74) is 5.33. The first-order valence-corrected chi connectivity index (χ1v) is 4.87. The Morgan fingerprint density at radius 3 is 2.53 bits per heavy atom. The zero-order valence-electron chi connectivity index (χ0n) is 8.99. The Morgan fingerprint density at radius 1 is 1.40 bits per heavy atom. The van der Waals surface area contributed by atoms with E-state index in [1.54, 1.807) is 13.0 Å². The molecule has 0 radical (unpaired) electrons. The van der Waals surface area contributed by atoms with Gasteiger partial charge in [0.15, 0.2) is 17.6 Å². The lowest BCUT2D eigenvalue weighted by molar-refractivity contribution is 0.256. The molecule has 0 aliphatic heterocycles. The lowest BCUT2D eigenvalue weighted by Crippen LogP contribution is -2.30. The molecule has 1 unspecified atom stereocenters. The smallest absolute Gasteiger partial charge is 0.162 e. The molecule has 1 aromatic rings. The van der Waals surface area contributed by atoms with E-state index in [0.29, 0.717) is 18.1 Å². The van der Waals surface area contributed by atoms with Gasteiger partial charge < -0.3 is 15.2 Å². The third-order valence-corrected chi connectivity index (χ3v) is 1.89. The van der Waals surface area contributed by atoms with E-state index in [0.717, 1.165) is 0 Å². The molecular weight excluding hydrogens is 192 g/mol. The summed E-state index contributed by atoms with van der Waals surface area (Å²) in [5.74, 6) is 1.29. The van der Waals surface area contributed by atoms with E-state index in [1.165, 1.54) is 0 Å². The van der Waals surface area contributed by atoms with Crippen molar-refractivity contribution in [2.24, 2.45) is 5.73 Å². The molecule has 0 saturated heterocycles. The fraction of sp³-hybridized carbons (Fsp3) is 0.364. The van der Waals surface area contributed by atoms with Crippen LogP contribution < -0.4 is 15.2 Å². The zero-order valence-corrected chi connectivity index (χ0v) is 8.99. The summed E-state index contributed by atoms with van der Waals surface area (Å²) in [6, 6.07) is 7.34. The lowest BCUT2D eigenvalue weighted by atomic mass is 10.3. The number of rotatable bonds is 5. The van der Waals surface area contributed by atoms with Crippen LogP contribution in [0.3, 0.4) is 0 Å². The first-order chi connectivity index (χ1) is 7.15. The molecule has 0 aliphatic rings. The summed E-state index contributed by atoms with van der Waals surface area (Å²) < 4.78 is 10.9. The molecule has 1 aromatic carbocycles. The number of para-hydroxylation sites is 2. The summed E-state index contributed by atoms with van der Waals surface area (Å²) in [6.07, 6.45) is -0.438. The highest BCUT2D eigenvalue weighted by Crippen LogP contribution is 2.27. The van der Waals surface area contributed by atoms with Gasteiger partial charge in [-0.3, -0.25) is 5.41 Å². The number of hydrogen-bond donors (Lipinski definition) is 2. The molecule has 1 rings (SSSR count). The molecule has 1 atom stereocenters. The molecule has 0 saturated carbocycles. The van der Waals surface area contributed by atoms with Gasteiger partial charge >= 0.3 is 0 Å². The molecule has 0 spiro atoms. The molecule has 0 fully saturated rings. The van der Waals surface area contributed by atoms with E-state index < -0.39 is 6.10 Å². The van der Waals surface area contributed by atoms with Crippen LogP contribution in [0.4, 0.5) is 0 Å². The highest BCUT2D eigenvalue weighted by molar-refractivity contribution is 5.81. The number of amidine groups is 1. The highest BCUT2D eigenvalue weighted by atomic mass is 16.5. The minimum absolute atomic E-state index is 0.00121. The Balaban J connectivity index is 2.79. The fourth-order valence-corrected chi connectivity index (χ4v) is 1.08. The second-order valence-corrected chi connectivity index (χ2v) is 3.10. The third-order valence-electron chi connectivity index (χ3n) is 1.89. The summed E-state index contributed by atoms with van der Waals surface area (Å²) in [5, 5.41) is 7.23. The normalized spacial score (nSPS) is 11.9. The maximum atomic E-state index is 7.23. The van der Waals surface area contributed by atoms with Gasteiger partial charge in [-0.25, -0.2) is 0 Å². The Kier molecular flexibility index (Phi) is 3.97. The standard InChI is InChI=1S/C11H16N2O2/c1-3-14-9-6-4-5-7-10(9)15-8(2)11(12)13/h4-8H,3H2,1-2H3,(H3,12,13). The van der Waals surface area contributed by atoms with Crippen molar-refractivity contribution in [1.29, 1.82) is 5.41 Å². The molecule has 0 amide bonds. The summed E-state index contributed by atoms with van der Waals surface area (Å²) in [6.45, 7) is 4.21. The first-order valence-electron chi connectivity index (χ1n) is 4.87. The van der Waals surface area contributed by atoms with Gasteiger partial charge in [-0.05, 0) is 26.0 Å². The van der Waals surface area contributed by atoms with Crippen LogP contribution in [0.1, 0.15) is 13.8 Å². The van der Waals surface area contributed by atoms with Crippen LogP contribution in [0.2, 0.25) is 0 Å². The minimum Gasteiger partial charge on any atom is -0.490 e. The van der Waals surface area contributed by atoms with Crippen LogP contribution in [0, 0.1) is 5.41 Å². The highest BCUT2D eigenvalue weighted by Gasteiger charge is 2.10. The lowest BCUT2D eigenvalue weighted by Gasteiger charge is -2.15. The fourth-order valence-electron chi connectivity index (χ4n) is 1.08. The Labute approximate surface area is 89.5 Å². The Morgan fingerprint density at radius 2 is 2.00 bits per heavy atom. The van der Waals surface area contributed by atoms with Crippen molar-refractivity contribution in [1.82, 2.24) is 0 Å². The van der Waals surface area contributed by atoms with E-state index >= 15 is 0 Å². The van der Waals surface area contributed by atoms with Crippen molar-refractivity contribution in [3.8, 4) is 11.5 Å². The maximum absolute atomic E-state index is 7.23. The van der Waals surface area contributed by atoms with Crippen molar-refractivity contribution < 1.29 is 9.47 Å². The second-order valence-electron chi connectivity index (χ2n) is 3.10. The van der Waals surface area contributed by atoms with Gasteiger partial charge in [0.1, 0.15) is 5.84 Å². The van der Waals surface area contributed by atoms with Crippen LogP contribution in [0.5, 0.6) is 11.5 Å². The topological polar surface area (TPSA) is 68.3 Å². The predicted octanol–water partition coefficient (Wildman–Crippen LogP) is 1.79.